The van der Waals surface area contributed by atoms with E-state index in [9.17, 15) is 9.18 Å². The molecule has 0 radical (unpaired) electrons. The highest BCUT2D eigenvalue weighted by Gasteiger charge is 2.10. The fourth-order valence-electron chi connectivity index (χ4n) is 1.97. The highest BCUT2D eigenvalue weighted by molar-refractivity contribution is 5.82. The van der Waals surface area contributed by atoms with Crippen LogP contribution in [0.15, 0.2) is 29.1 Å². The number of hydrogen-bond acceptors (Lipinski definition) is 2. The van der Waals surface area contributed by atoms with E-state index in [4.69, 9.17) is 0 Å². The van der Waals surface area contributed by atoms with E-state index in [1.165, 1.54) is 12.1 Å². The molecule has 1 aromatic carbocycles. The van der Waals surface area contributed by atoms with Crippen LogP contribution in [0, 0.1) is 5.82 Å². The minimum atomic E-state index is -0.256. The van der Waals surface area contributed by atoms with Gasteiger partial charge < -0.3 is 9.88 Å². The molecule has 90 valence electrons. The minimum Gasteiger partial charge on any atom is -0.370 e. The van der Waals surface area contributed by atoms with Gasteiger partial charge in [0.05, 0.1) is 11.2 Å². The zero-order chi connectivity index (χ0) is 12.4. The molecule has 0 aliphatic carbocycles. The summed E-state index contributed by atoms with van der Waals surface area (Å²) >= 11 is 0. The highest BCUT2D eigenvalue weighted by atomic mass is 19.1. The average Bonchev–Trinajstić information content (AvgIpc) is 2.32. The SMILES string of the molecule is CCN(CC)c1cc2[nH]c(=O)ccc2cc1F. The van der Waals surface area contributed by atoms with E-state index in [2.05, 4.69) is 4.98 Å². The van der Waals surface area contributed by atoms with E-state index >= 15 is 0 Å². The van der Waals surface area contributed by atoms with Crippen LogP contribution < -0.4 is 10.5 Å². The first-order valence-corrected chi connectivity index (χ1v) is 5.73. The quantitative estimate of drug-likeness (QED) is 0.885. The molecule has 2 rings (SSSR count). The number of nitrogens with one attached hydrogen (secondary N) is 1. The van der Waals surface area contributed by atoms with Crippen molar-refractivity contribution in [2.45, 2.75) is 13.8 Å². The molecule has 0 saturated carbocycles. The Hall–Kier alpha value is -1.84. The molecular formula is C13H15FN2O. The molecule has 4 heteroatoms. The maximum atomic E-state index is 13.9. The van der Waals surface area contributed by atoms with Gasteiger partial charge in [0.15, 0.2) is 0 Å². The predicted octanol–water partition coefficient (Wildman–Crippen LogP) is 2.51. The van der Waals surface area contributed by atoms with Gasteiger partial charge in [-0.15, -0.1) is 0 Å². The van der Waals surface area contributed by atoms with Crippen molar-refractivity contribution >= 4 is 16.6 Å². The van der Waals surface area contributed by atoms with Gasteiger partial charge in [-0.25, -0.2) is 4.39 Å². The van der Waals surface area contributed by atoms with E-state index in [-0.39, 0.29) is 11.4 Å². The molecule has 0 saturated heterocycles. The van der Waals surface area contributed by atoms with E-state index in [1.54, 1.807) is 12.1 Å². The molecule has 1 heterocycles. The van der Waals surface area contributed by atoms with Crippen molar-refractivity contribution in [1.82, 2.24) is 4.98 Å². The van der Waals surface area contributed by atoms with Gasteiger partial charge in [0.25, 0.3) is 0 Å². The Morgan fingerprint density at radius 3 is 2.59 bits per heavy atom. The third-order valence-corrected chi connectivity index (χ3v) is 2.90. The van der Waals surface area contributed by atoms with Gasteiger partial charge in [-0.2, -0.15) is 0 Å². The van der Waals surface area contributed by atoms with Crippen molar-refractivity contribution in [3.63, 3.8) is 0 Å². The number of aromatic amines is 1. The summed E-state index contributed by atoms with van der Waals surface area (Å²) in [4.78, 5) is 15.9. The van der Waals surface area contributed by atoms with Crippen LogP contribution in [0.25, 0.3) is 10.9 Å². The smallest absolute Gasteiger partial charge is 0.248 e. The fraction of sp³-hybridized carbons (Fsp3) is 0.308. The maximum Gasteiger partial charge on any atom is 0.248 e. The lowest BCUT2D eigenvalue weighted by molar-refractivity contribution is 0.622. The number of hydrogen-bond donors (Lipinski definition) is 1. The molecule has 0 spiro atoms. The largest absolute Gasteiger partial charge is 0.370 e. The van der Waals surface area contributed by atoms with Crippen molar-refractivity contribution in [3.05, 3.63) is 40.4 Å². The normalized spacial score (nSPS) is 10.8. The van der Waals surface area contributed by atoms with Crippen LogP contribution in [0.3, 0.4) is 0 Å². The minimum absolute atomic E-state index is 0.172. The lowest BCUT2D eigenvalue weighted by atomic mass is 10.1. The first-order valence-electron chi connectivity index (χ1n) is 5.73. The second-order valence-electron chi connectivity index (χ2n) is 3.89. The van der Waals surface area contributed by atoms with Gasteiger partial charge in [0.1, 0.15) is 5.82 Å². The van der Waals surface area contributed by atoms with E-state index in [0.717, 1.165) is 13.1 Å². The van der Waals surface area contributed by atoms with Gasteiger partial charge >= 0.3 is 0 Å². The highest BCUT2D eigenvalue weighted by Crippen LogP contribution is 2.24. The molecule has 0 unspecified atom stereocenters. The van der Waals surface area contributed by atoms with E-state index in [0.29, 0.717) is 16.6 Å². The van der Waals surface area contributed by atoms with Gasteiger partial charge in [-0.1, -0.05) is 0 Å². The molecule has 1 aromatic heterocycles. The van der Waals surface area contributed by atoms with Crippen LogP contribution in [0.1, 0.15) is 13.8 Å². The van der Waals surface area contributed by atoms with Crippen LogP contribution in [-0.4, -0.2) is 18.1 Å². The second kappa shape index (κ2) is 4.57. The molecule has 1 N–H and O–H groups in total. The first-order chi connectivity index (χ1) is 8.15. The number of anilines is 1. The summed E-state index contributed by atoms with van der Waals surface area (Å²) in [5, 5.41) is 0.706. The lowest BCUT2D eigenvalue weighted by Crippen LogP contribution is -2.23. The third-order valence-electron chi connectivity index (χ3n) is 2.90. The summed E-state index contributed by atoms with van der Waals surface area (Å²) in [7, 11) is 0. The zero-order valence-electron chi connectivity index (χ0n) is 9.96. The molecule has 17 heavy (non-hydrogen) atoms. The van der Waals surface area contributed by atoms with E-state index in [1.807, 2.05) is 18.7 Å². The van der Waals surface area contributed by atoms with Gasteiger partial charge in [0.2, 0.25) is 5.56 Å². The lowest BCUT2D eigenvalue weighted by Gasteiger charge is -2.21. The summed E-state index contributed by atoms with van der Waals surface area (Å²) in [5.74, 6) is -0.256. The van der Waals surface area contributed by atoms with Crippen LogP contribution in [0.2, 0.25) is 0 Å². The van der Waals surface area contributed by atoms with Gasteiger partial charge in [-0.05, 0) is 32.0 Å². The Morgan fingerprint density at radius 1 is 1.24 bits per heavy atom. The summed E-state index contributed by atoms with van der Waals surface area (Å²) in [6.45, 7) is 5.41. The van der Waals surface area contributed by atoms with Crippen LogP contribution in [0.5, 0.6) is 0 Å². The predicted molar refractivity (Wildman–Crippen MR) is 68.1 cm³/mol. The van der Waals surface area contributed by atoms with Crippen molar-refractivity contribution in [3.8, 4) is 0 Å². The van der Waals surface area contributed by atoms with Crippen LogP contribution in [0.4, 0.5) is 10.1 Å². The Kier molecular flexibility index (Phi) is 3.13. The van der Waals surface area contributed by atoms with Crippen LogP contribution >= 0.6 is 0 Å². The third kappa shape index (κ3) is 2.16. The number of benzene rings is 1. The van der Waals surface area contributed by atoms with Gasteiger partial charge in [-0.3, -0.25) is 4.79 Å². The molecular weight excluding hydrogens is 219 g/mol. The molecule has 0 amide bonds. The molecule has 2 aromatic rings. The number of halogens is 1. The average molecular weight is 234 g/mol. The van der Waals surface area contributed by atoms with E-state index < -0.39 is 0 Å². The molecule has 0 fully saturated rings. The topological polar surface area (TPSA) is 36.1 Å². The first kappa shape index (κ1) is 11.6. The van der Waals surface area contributed by atoms with Gasteiger partial charge in [0, 0.05) is 24.5 Å². The zero-order valence-corrected chi connectivity index (χ0v) is 9.96. The molecule has 0 atom stereocenters. The molecule has 3 nitrogen and oxygen atoms in total. The van der Waals surface area contributed by atoms with Crippen LogP contribution in [-0.2, 0) is 0 Å². The van der Waals surface area contributed by atoms with Crippen molar-refractivity contribution in [1.29, 1.82) is 0 Å². The molecule has 0 bridgehead atoms. The summed E-state index contributed by atoms with van der Waals surface area (Å²) in [5.41, 5.74) is 1.03. The standard InChI is InChI=1S/C13H15FN2O/c1-3-16(4-2)12-8-11-9(7-10(12)14)5-6-13(17)15-11/h5-8H,3-4H2,1-2H3,(H,15,17). The maximum absolute atomic E-state index is 13.9. The molecule has 0 aliphatic rings. The number of H-pyrrole nitrogens is 1. The summed E-state index contributed by atoms with van der Waals surface area (Å²) < 4.78 is 13.9. The number of pyridine rings is 1. The van der Waals surface area contributed by atoms with Crippen molar-refractivity contribution < 1.29 is 4.39 Å². The van der Waals surface area contributed by atoms with Crippen molar-refractivity contribution in [2.75, 3.05) is 18.0 Å². The number of rotatable bonds is 3. The Labute approximate surface area is 98.9 Å². The monoisotopic (exact) mass is 234 g/mol. The fourth-order valence-corrected chi connectivity index (χ4v) is 1.97. The Morgan fingerprint density at radius 2 is 1.94 bits per heavy atom. The Bertz CT molecular complexity index is 587. The second-order valence-corrected chi connectivity index (χ2v) is 3.89. The summed E-state index contributed by atoms with van der Waals surface area (Å²) in [6.07, 6.45) is 0. The number of aromatic nitrogens is 1. The number of fused-ring (bicyclic) bond motifs is 1. The van der Waals surface area contributed by atoms with Crippen molar-refractivity contribution in [2.24, 2.45) is 0 Å². The number of nitrogens with zero attached hydrogens (tertiary/aromatic N) is 1. The molecule has 0 aliphatic heterocycles. The Balaban J connectivity index is 2.64. The summed E-state index contributed by atoms with van der Waals surface area (Å²) in [6, 6.07) is 6.18.